The molecule has 3 aromatic heterocycles. The number of aromatic amines is 1. The molecule has 0 aliphatic rings. The lowest BCUT2D eigenvalue weighted by atomic mass is 10.3. The third kappa shape index (κ3) is 2.31. The number of nitrogens with one attached hydrogen (secondary N) is 1. The van der Waals surface area contributed by atoms with Gasteiger partial charge in [-0.15, -0.1) is 0 Å². The molecule has 3 aromatic rings. The zero-order valence-corrected chi connectivity index (χ0v) is 11.7. The van der Waals surface area contributed by atoms with Crippen LogP contribution in [0.3, 0.4) is 0 Å². The van der Waals surface area contributed by atoms with Gasteiger partial charge in [-0.2, -0.15) is 5.10 Å². The summed E-state index contributed by atoms with van der Waals surface area (Å²) in [6.07, 6.45) is 3.88. The van der Waals surface area contributed by atoms with E-state index in [0.29, 0.717) is 4.77 Å². The minimum Gasteiger partial charge on any atom is -0.329 e. The Morgan fingerprint density at radius 2 is 2.11 bits per heavy atom. The third-order valence-electron chi connectivity index (χ3n) is 3.07. The van der Waals surface area contributed by atoms with Crippen LogP contribution in [-0.2, 0) is 13.1 Å². The van der Waals surface area contributed by atoms with E-state index >= 15 is 0 Å². The number of fused-ring (bicyclic) bond motifs is 1. The van der Waals surface area contributed by atoms with Crippen LogP contribution in [0.4, 0.5) is 0 Å². The Hall–Kier alpha value is -1.95. The molecule has 0 unspecified atom stereocenters. The molecule has 0 fully saturated rings. The van der Waals surface area contributed by atoms with Gasteiger partial charge in [0.1, 0.15) is 0 Å². The van der Waals surface area contributed by atoms with E-state index in [9.17, 15) is 0 Å². The van der Waals surface area contributed by atoms with Gasteiger partial charge in [0.25, 0.3) is 0 Å². The van der Waals surface area contributed by atoms with Crippen molar-refractivity contribution in [3.8, 4) is 0 Å². The smallest absolute Gasteiger partial charge is 0.179 e. The zero-order valence-electron chi connectivity index (χ0n) is 10.9. The highest BCUT2D eigenvalue weighted by atomic mass is 32.1. The van der Waals surface area contributed by atoms with Crippen molar-refractivity contribution >= 4 is 23.4 Å². The Bertz CT molecular complexity index is 780. The van der Waals surface area contributed by atoms with Gasteiger partial charge in [-0.3, -0.25) is 9.25 Å². The Kier molecular flexibility index (Phi) is 2.94. The van der Waals surface area contributed by atoms with Crippen molar-refractivity contribution < 1.29 is 0 Å². The predicted molar refractivity (Wildman–Crippen MR) is 76.6 cm³/mol. The number of hydrogen-bond acceptors (Lipinski definition) is 3. The molecule has 0 saturated heterocycles. The molecular formula is C13H15N5S. The van der Waals surface area contributed by atoms with E-state index in [1.807, 2.05) is 47.6 Å². The topological polar surface area (TPSA) is 51.4 Å². The van der Waals surface area contributed by atoms with Gasteiger partial charge in [-0.1, -0.05) is 0 Å². The minimum atomic E-state index is 0.706. The number of rotatable bonds is 3. The van der Waals surface area contributed by atoms with Gasteiger partial charge in [0.05, 0.1) is 18.3 Å². The number of H-pyrrole nitrogens is 1. The predicted octanol–water partition coefficient (Wildman–Crippen LogP) is 2.61. The van der Waals surface area contributed by atoms with E-state index < -0.39 is 0 Å². The quantitative estimate of drug-likeness (QED) is 0.746. The van der Waals surface area contributed by atoms with Gasteiger partial charge in [-0.25, -0.2) is 4.98 Å². The molecule has 0 bridgehead atoms. The molecule has 0 spiro atoms. The van der Waals surface area contributed by atoms with Crippen molar-refractivity contribution in [3.05, 3.63) is 40.6 Å². The van der Waals surface area contributed by atoms with Gasteiger partial charge < -0.3 is 4.98 Å². The molecular weight excluding hydrogens is 258 g/mol. The highest BCUT2D eigenvalue weighted by Crippen LogP contribution is 2.12. The molecule has 19 heavy (non-hydrogen) atoms. The maximum atomic E-state index is 5.35. The summed E-state index contributed by atoms with van der Waals surface area (Å²) in [5, 5.41) is 4.28. The highest BCUT2D eigenvalue weighted by Gasteiger charge is 2.06. The SMILES string of the molecule is Cc1cnn(CCn2c(=S)[nH]c3ccc(C)nc32)c1. The summed E-state index contributed by atoms with van der Waals surface area (Å²) in [5.74, 6) is 0. The Balaban J connectivity index is 1.94. The Morgan fingerprint density at radius 3 is 2.84 bits per heavy atom. The fourth-order valence-corrected chi connectivity index (χ4v) is 2.41. The third-order valence-corrected chi connectivity index (χ3v) is 3.39. The van der Waals surface area contributed by atoms with Gasteiger partial charge in [0, 0.05) is 18.4 Å². The number of aromatic nitrogens is 5. The van der Waals surface area contributed by atoms with Gasteiger partial charge in [0.15, 0.2) is 10.4 Å². The lowest BCUT2D eigenvalue weighted by Gasteiger charge is -2.04. The molecule has 0 radical (unpaired) electrons. The molecule has 3 heterocycles. The average Bonchev–Trinajstić information content (AvgIpc) is 2.90. The molecule has 0 atom stereocenters. The number of pyridine rings is 1. The largest absolute Gasteiger partial charge is 0.329 e. The number of hydrogen-bond donors (Lipinski definition) is 1. The molecule has 3 rings (SSSR count). The molecule has 98 valence electrons. The second-order valence-electron chi connectivity index (χ2n) is 4.69. The van der Waals surface area contributed by atoms with Crippen molar-refractivity contribution in [2.75, 3.05) is 0 Å². The summed E-state index contributed by atoms with van der Waals surface area (Å²) in [4.78, 5) is 7.73. The van der Waals surface area contributed by atoms with E-state index in [0.717, 1.165) is 35.5 Å². The van der Waals surface area contributed by atoms with E-state index in [2.05, 4.69) is 15.1 Å². The van der Waals surface area contributed by atoms with Crippen LogP contribution in [0.2, 0.25) is 0 Å². The highest BCUT2D eigenvalue weighted by molar-refractivity contribution is 7.71. The van der Waals surface area contributed by atoms with E-state index in [1.165, 1.54) is 0 Å². The van der Waals surface area contributed by atoms with Crippen molar-refractivity contribution in [3.63, 3.8) is 0 Å². The lowest BCUT2D eigenvalue weighted by Crippen LogP contribution is -2.08. The standard InChI is InChI=1S/C13H15N5S/c1-9-7-14-17(8-9)5-6-18-12-11(16-13(18)19)4-3-10(2)15-12/h3-4,7-8H,5-6H2,1-2H3,(H,16,19). The fourth-order valence-electron chi connectivity index (χ4n) is 2.12. The molecule has 0 aromatic carbocycles. The van der Waals surface area contributed by atoms with Crippen LogP contribution in [0.15, 0.2) is 24.5 Å². The Morgan fingerprint density at radius 1 is 1.26 bits per heavy atom. The first-order valence-electron chi connectivity index (χ1n) is 6.19. The van der Waals surface area contributed by atoms with Crippen LogP contribution in [0.25, 0.3) is 11.2 Å². The average molecular weight is 273 g/mol. The summed E-state index contributed by atoms with van der Waals surface area (Å²) in [6.45, 7) is 5.56. The number of imidazole rings is 1. The minimum absolute atomic E-state index is 0.706. The molecule has 5 nitrogen and oxygen atoms in total. The van der Waals surface area contributed by atoms with Crippen LogP contribution in [0.5, 0.6) is 0 Å². The monoisotopic (exact) mass is 273 g/mol. The maximum Gasteiger partial charge on any atom is 0.179 e. The molecule has 0 aliphatic carbocycles. The van der Waals surface area contributed by atoms with Crippen molar-refractivity contribution in [2.45, 2.75) is 26.9 Å². The van der Waals surface area contributed by atoms with E-state index in [1.54, 1.807) is 0 Å². The Labute approximate surface area is 115 Å². The number of aryl methyl sites for hydroxylation is 4. The summed E-state index contributed by atoms with van der Waals surface area (Å²) >= 11 is 5.35. The zero-order chi connectivity index (χ0) is 13.4. The second-order valence-corrected chi connectivity index (χ2v) is 5.07. The maximum absolute atomic E-state index is 5.35. The molecule has 1 N–H and O–H groups in total. The molecule has 0 saturated carbocycles. The first kappa shape index (κ1) is 12.1. The molecule has 6 heteroatoms. The van der Waals surface area contributed by atoms with Crippen LogP contribution in [0.1, 0.15) is 11.3 Å². The van der Waals surface area contributed by atoms with Gasteiger partial charge >= 0.3 is 0 Å². The first-order valence-corrected chi connectivity index (χ1v) is 6.59. The summed E-state index contributed by atoms with van der Waals surface area (Å²) < 4.78 is 4.65. The first-order chi connectivity index (χ1) is 9.13. The van der Waals surface area contributed by atoms with Crippen molar-refractivity contribution in [1.82, 2.24) is 24.3 Å². The van der Waals surface area contributed by atoms with Crippen LogP contribution < -0.4 is 0 Å². The van der Waals surface area contributed by atoms with Gasteiger partial charge in [0.2, 0.25) is 0 Å². The number of nitrogens with zero attached hydrogens (tertiary/aromatic N) is 4. The van der Waals surface area contributed by atoms with E-state index in [4.69, 9.17) is 12.2 Å². The normalized spacial score (nSPS) is 11.3. The van der Waals surface area contributed by atoms with Crippen molar-refractivity contribution in [1.29, 1.82) is 0 Å². The second kappa shape index (κ2) is 4.62. The van der Waals surface area contributed by atoms with Crippen LogP contribution >= 0.6 is 12.2 Å². The van der Waals surface area contributed by atoms with Gasteiger partial charge in [-0.05, 0) is 43.8 Å². The summed E-state index contributed by atoms with van der Waals surface area (Å²) in [5.41, 5.74) is 4.04. The van der Waals surface area contributed by atoms with E-state index in [-0.39, 0.29) is 0 Å². The summed E-state index contributed by atoms with van der Waals surface area (Å²) in [7, 11) is 0. The fraction of sp³-hybridized carbons (Fsp3) is 0.308. The molecule has 0 amide bonds. The van der Waals surface area contributed by atoms with Crippen LogP contribution in [0, 0.1) is 18.6 Å². The molecule has 0 aliphatic heterocycles. The summed E-state index contributed by atoms with van der Waals surface area (Å²) in [6, 6.07) is 4.00. The lowest BCUT2D eigenvalue weighted by molar-refractivity contribution is 0.535. The van der Waals surface area contributed by atoms with Crippen molar-refractivity contribution in [2.24, 2.45) is 0 Å². The van der Waals surface area contributed by atoms with Crippen LogP contribution in [-0.4, -0.2) is 24.3 Å².